The van der Waals surface area contributed by atoms with E-state index in [9.17, 15) is 9.59 Å². The van der Waals surface area contributed by atoms with Crippen molar-refractivity contribution in [1.29, 1.82) is 0 Å². The van der Waals surface area contributed by atoms with Gasteiger partial charge in [0.05, 0.1) is 0 Å². The van der Waals surface area contributed by atoms with Crippen molar-refractivity contribution in [2.45, 2.75) is 6.92 Å². The molecule has 0 aliphatic carbocycles. The average molecular weight is 398 g/mol. The second kappa shape index (κ2) is 5.86. The highest BCUT2D eigenvalue weighted by Crippen LogP contribution is 2.29. The van der Waals surface area contributed by atoms with Gasteiger partial charge in [0.15, 0.2) is 0 Å². The Morgan fingerprint density at radius 2 is 1.96 bits per heavy atom. The summed E-state index contributed by atoms with van der Waals surface area (Å²) in [6.07, 6.45) is 0. The van der Waals surface area contributed by atoms with E-state index < -0.39 is 0 Å². The van der Waals surface area contributed by atoms with Gasteiger partial charge in [0.1, 0.15) is 16.9 Å². The molecule has 4 aromatic rings. The van der Waals surface area contributed by atoms with Crippen LogP contribution in [0.1, 0.15) is 6.92 Å². The van der Waals surface area contributed by atoms with Crippen molar-refractivity contribution in [3.05, 3.63) is 57.3 Å². The average Bonchev–Trinajstić information content (AvgIpc) is 2.94. The van der Waals surface area contributed by atoms with E-state index in [1.807, 2.05) is 12.1 Å². The monoisotopic (exact) mass is 397 g/mol. The van der Waals surface area contributed by atoms with Crippen LogP contribution in [0.2, 0.25) is 0 Å². The summed E-state index contributed by atoms with van der Waals surface area (Å²) in [7, 11) is 0. The molecular weight excluding hydrogens is 386 g/mol. The predicted octanol–water partition coefficient (Wildman–Crippen LogP) is 4.06. The van der Waals surface area contributed by atoms with E-state index in [2.05, 4.69) is 31.2 Å². The number of H-pyrrole nitrogens is 1. The van der Waals surface area contributed by atoms with Crippen molar-refractivity contribution in [3.63, 3.8) is 0 Å². The Kier molecular flexibility index (Phi) is 3.65. The van der Waals surface area contributed by atoms with Crippen LogP contribution in [0, 0.1) is 0 Å². The largest absolute Gasteiger partial charge is 0.449 e. The third kappa shape index (κ3) is 2.83. The lowest BCUT2D eigenvalue weighted by Crippen LogP contribution is -2.08. The molecule has 2 N–H and O–H groups in total. The lowest BCUT2D eigenvalue weighted by Gasteiger charge is -2.04. The van der Waals surface area contributed by atoms with Crippen molar-refractivity contribution >= 4 is 49.6 Å². The summed E-state index contributed by atoms with van der Waals surface area (Å²) in [5.74, 6) is 0.297. The molecule has 0 radical (unpaired) electrons. The van der Waals surface area contributed by atoms with Crippen LogP contribution < -0.4 is 10.9 Å². The van der Waals surface area contributed by atoms with Crippen LogP contribution in [0.3, 0.4) is 0 Å². The van der Waals surface area contributed by atoms with Crippen molar-refractivity contribution in [3.8, 4) is 11.4 Å². The molecule has 0 aliphatic rings. The molecule has 0 bridgehead atoms. The normalized spacial score (nSPS) is 11.1. The number of aromatic amines is 1. The lowest BCUT2D eigenvalue weighted by molar-refractivity contribution is -0.114. The fraction of sp³-hybridized carbons (Fsp3) is 0.0556. The number of aromatic nitrogens is 2. The van der Waals surface area contributed by atoms with Gasteiger partial charge in [0.2, 0.25) is 11.5 Å². The minimum atomic E-state index is -0.335. The second-order valence-corrected chi connectivity index (χ2v) is 6.51. The molecular formula is C18H12BrN3O3. The van der Waals surface area contributed by atoms with Crippen LogP contribution in [0.15, 0.2) is 56.1 Å². The number of benzene rings is 2. The number of fused-ring (bicyclic) bond motifs is 3. The van der Waals surface area contributed by atoms with Gasteiger partial charge in [-0.05, 0) is 42.5 Å². The molecule has 0 unspecified atom stereocenters. The third-order valence-electron chi connectivity index (χ3n) is 3.76. The number of nitrogens with zero attached hydrogens (tertiary/aromatic N) is 1. The number of halogens is 1. The number of furan rings is 1. The first-order valence-electron chi connectivity index (χ1n) is 7.51. The van der Waals surface area contributed by atoms with Gasteiger partial charge < -0.3 is 14.7 Å². The molecule has 2 aromatic carbocycles. The topological polar surface area (TPSA) is 88.0 Å². The Bertz CT molecular complexity index is 1180. The molecule has 7 heteroatoms. The highest BCUT2D eigenvalue weighted by molar-refractivity contribution is 9.10. The van der Waals surface area contributed by atoms with Crippen molar-refractivity contribution in [2.24, 2.45) is 0 Å². The molecule has 0 saturated heterocycles. The van der Waals surface area contributed by atoms with Gasteiger partial charge in [-0.2, -0.15) is 0 Å². The number of hydrogen-bond donors (Lipinski definition) is 2. The smallest absolute Gasteiger partial charge is 0.294 e. The summed E-state index contributed by atoms with van der Waals surface area (Å²) >= 11 is 3.42. The lowest BCUT2D eigenvalue weighted by atomic mass is 10.2. The molecule has 2 aromatic heterocycles. The summed E-state index contributed by atoms with van der Waals surface area (Å²) in [5, 5.41) is 3.47. The molecule has 0 fully saturated rings. The fourth-order valence-electron chi connectivity index (χ4n) is 2.68. The Morgan fingerprint density at radius 3 is 2.68 bits per heavy atom. The zero-order chi connectivity index (χ0) is 17.6. The van der Waals surface area contributed by atoms with E-state index in [4.69, 9.17) is 4.42 Å². The maximum atomic E-state index is 12.4. The van der Waals surface area contributed by atoms with E-state index in [0.717, 1.165) is 15.4 Å². The SMILES string of the molecule is CC(=O)Nc1ccc(-c2nc3c(oc4ccc(Br)cc43)c(=O)[nH]2)cc1. The first-order chi connectivity index (χ1) is 12.0. The van der Waals surface area contributed by atoms with Crippen LogP contribution >= 0.6 is 15.9 Å². The zero-order valence-electron chi connectivity index (χ0n) is 13.1. The Hall–Kier alpha value is -2.93. The van der Waals surface area contributed by atoms with Gasteiger partial charge >= 0.3 is 0 Å². The number of carbonyl (C=O) groups is 1. The van der Waals surface area contributed by atoms with Gasteiger partial charge in [-0.1, -0.05) is 15.9 Å². The highest BCUT2D eigenvalue weighted by atomic mass is 79.9. The number of hydrogen-bond acceptors (Lipinski definition) is 4. The highest BCUT2D eigenvalue weighted by Gasteiger charge is 2.14. The van der Waals surface area contributed by atoms with Gasteiger partial charge in [-0.15, -0.1) is 0 Å². The van der Waals surface area contributed by atoms with Gasteiger partial charge in [0.25, 0.3) is 5.56 Å². The minimum absolute atomic E-state index is 0.142. The summed E-state index contributed by atoms with van der Waals surface area (Å²) < 4.78 is 6.50. The van der Waals surface area contributed by atoms with Crippen LogP contribution in [0.5, 0.6) is 0 Å². The first-order valence-corrected chi connectivity index (χ1v) is 8.31. The Labute approximate surface area is 150 Å². The molecule has 0 saturated carbocycles. The summed E-state index contributed by atoms with van der Waals surface area (Å²) in [5.41, 5.74) is 2.40. The van der Waals surface area contributed by atoms with Gasteiger partial charge in [-0.3, -0.25) is 9.59 Å². The number of carbonyl (C=O) groups excluding carboxylic acids is 1. The maximum absolute atomic E-state index is 12.4. The number of nitrogens with one attached hydrogen (secondary N) is 2. The molecule has 1 amide bonds. The molecule has 0 atom stereocenters. The quantitative estimate of drug-likeness (QED) is 0.533. The Balaban J connectivity index is 1.87. The van der Waals surface area contributed by atoms with E-state index in [-0.39, 0.29) is 17.0 Å². The molecule has 6 nitrogen and oxygen atoms in total. The summed E-state index contributed by atoms with van der Waals surface area (Å²) in [6, 6.07) is 12.6. The second-order valence-electron chi connectivity index (χ2n) is 5.59. The van der Waals surface area contributed by atoms with Gasteiger partial charge in [-0.25, -0.2) is 4.98 Å². The van der Waals surface area contributed by atoms with E-state index >= 15 is 0 Å². The van der Waals surface area contributed by atoms with Gasteiger partial charge in [0, 0.05) is 28.0 Å². The standard InChI is InChI=1S/C18H12BrN3O3/c1-9(23)20-12-5-2-10(3-6-12)17-21-15-13-8-11(19)4-7-14(13)25-16(15)18(24)22-17/h2-8H,1H3,(H,20,23)(H,21,22,24). The molecule has 124 valence electrons. The van der Waals surface area contributed by atoms with Crippen LogP contribution in [-0.4, -0.2) is 15.9 Å². The fourth-order valence-corrected chi connectivity index (χ4v) is 3.04. The summed E-state index contributed by atoms with van der Waals surface area (Å²) in [4.78, 5) is 30.8. The minimum Gasteiger partial charge on any atom is -0.449 e. The molecule has 0 aliphatic heterocycles. The zero-order valence-corrected chi connectivity index (χ0v) is 14.7. The number of amides is 1. The van der Waals surface area contributed by atoms with Crippen LogP contribution in [-0.2, 0) is 4.79 Å². The number of rotatable bonds is 2. The van der Waals surface area contributed by atoms with E-state index in [1.165, 1.54) is 6.92 Å². The maximum Gasteiger partial charge on any atom is 0.294 e. The van der Waals surface area contributed by atoms with E-state index in [1.54, 1.807) is 30.3 Å². The third-order valence-corrected chi connectivity index (χ3v) is 4.26. The molecule has 4 rings (SSSR count). The summed E-state index contributed by atoms with van der Waals surface area (Å²) in [6.45, 7) is 1.45. The van der Waals surface area contributed by atoms with E-state index in [0.29, 0.717) is 22.6 Å². The molecule has 0 spiro atoms. The Morgan fingerprint density at radius 1 is 1.20 bits per heavy atom. The van der Waals surface area contributed by atoms with Crippen LogP contribution in [0.4, 0.5) is 5.69 Å². The number of anilines is 1. The van der Waals surface area contributed by atoms with Crippen molar-refractivity contribution in [2.75, 3.05) is 5.32 Å². The molecule has 25 heavy (non-hydrogen) atoms. The first kappa shape index (κ1) is 15.6. The molecule has 2 heterocycles. The predicted molar refractivity (Wildman–Crippen MR) is 99.6 cm³/mol. The van der Waals surface area contributed by atoms with Crippen molar-refractivity contribution in [1.82, 2.24) is 9.97 Å². The van der Waals surface area contributed by atoms with Crippen LogP contribution in [0.25, 0.3) is 33.5 Å². The van der Waals surface area contributed by atoms with Crippen molar-refractivity contribution < 1.29 is 9.21 Å².